The topological polar surface area (TPSA) is 137 Å². The average Bonchev–Trinajstić information content (AvgIpc) is 3.34. The van der Waals surface area contributed by atoms with E-state index in [1.807, 2.05) is 153 Å². The molecule has 2 fully saturated rings. The van der Waals surface area contributed by atoms with Crippen LogP contribution < -0.4 is 4.74 Å². The number of methoxy groups -OCH3 is 1. The molecule has 2 aliphatic rings. The number of hydrogen-bond acceptors (Lipinski definition) is 13. The monoisotopic (exact) mass is 920 g/mol. The lowest BCUT2D eigenvalue weighted by molar-refractivity contribution is -0.349. The minimum atomic E-state index is -1.16. The minimum absolute atomic E-state index is 0.00841. The molecule has 66 heavy (non-hydrogen) atoms. The number of aryl methyl sites for hydroxylation is 1. The standard InChI is InChI=1S/C53H60O12S/c1-35-20-27-43(28-21-35)66-53-51(49(60-34-41-23-25-42(57-4)26-24-41)47(44(30-54)63-53)64-45(56)29-22-36(2)55)65-52-50(61-33-40-18-12-7-13-19-40)48(59-32-39-16-10-6-11-17-39)46(37(3)62-52)58-31-38-14-8-5-9-15-38/h5-21,23-28,37,44,46-54H,22,29-34H2,1-4H3/t37-,44+,46+,47-,48+,49-,50-,51+,52-,53-/m0/s1. The van der Waals surface area contributed by atoms with Crippen molar-refractivity contribution in [1.29, 1.82) is 0 Å². The largest absolute Gasteiger partial charge is 0.497 e. The molecule has 5 aromatic rings. The van der Waals surface area contributed by atoms with Gasteiger partial charge in [0.2, 0.25) is 0 Å². The van der Waals surface area contributed by atoms with Gasteiger partial charge in [0.25, 0.3) is 0 Å². The summed E-state index contributed by atoms with van der Waals surface area (Å²) in [6.07, 6.45) is -8.30. The van der Waals surface area contributed by atoms with Crippen LogP contribution in [-0.4, -0.2) is 91.1 Å². The van der Waals surface area contributed by atoms with Crippen molar-refractivity contribution in [3.05, 3.63) is 167 Å². The van der Waals surface area contributed by atoms with Crippen LogP contribution in [0.1, 0.15) is 54.5 Å². The molecule has 7 rings (SSSR count). The maximum Gasteiger partial charge on any atom is 0.306 e. The van der Waals surface area contributed by atoms with Gasteiger partial charge >= 0.3 is 5.97 Å². The maximum absolute atomic E-state index is 13.5. The molecule has 0 saturated carbocycles. The fourth-order valence-corrected chi connectivity index (χ4v) is 9.00. The summed E-state index contributed by atoms with van der Waals surface area (Å²) >= 11 is 1.39. The Labute approximate surface area is 391 Å². The minimum Gasteiger partial charge on any atom is -0.497 e. The van der Waals surface area contributed by atoms with Crippen molar-refractivity contribution >= 4 is 23.5 Å². The second-order valence-electron chi connectivity index (χ2n) is 16.5. The lowest BCUT2D eigenvalue weighted by Gasteiger charge is -2.49. The van der Waals surface area contributed by atoms with Crippen molar-refractivity contribution < 1.29 is 57.3 Å². The lowest BCUT2D eigenvalue weighted by atomic mass is 9.97. The van der Waals surface area contributed by atoms with E-state index in [0.717, 1.165) is 32.7 Å². The van der Waals surface area contributed by atoms with E-state index < -0.39 is 73.1 Å². The fourth-order valence-electron chi connectivity index (χ4n) is 7.88. The summed E-state index contributed by atoms with van der Waals surface area (Å²) in [6, 6.07) is 45.1. The van der Waals surface area contributed by atoms with Crippen LogP contribution in [0.2, 0.25) is 0 Å². The number of benzene rings is 5. The first-order valence-corrected chi connectivity index (χ1v) is 23.3. The predicted octanol–water partition coefficient (Wildman–Crippen LogP) is 8.57. The van der Waals surface area contributed by atoms with Crippen LogP contribution in [0.25, 0.3) is 0 Å². The highest BCUT2D eigenvalue weighted by molar-refractivity contribution is 7.99. The van der Waals surface area contributed by atoms with E-state index in [-0.39, 0.29) is 38.4 Å². The van der Waals surface area contributed by atoms with Gasteiger partial charge in [-0.2, -0.15) is 0 Å². The van der Waals surface area contributed by atoms with Crippen molar-refractivity contribution in [3.8, 4) is 5.75 Å². The van der Waals surface area contributed by atoms with E-state index in [0.29, 0.717) is 12.4 Å². The van der Waals surface area contributed by atoms with Gasteiger partial charge in [0, 0.05) is 11.3 Å². The Bertz CT molecular complexity index is 2210. The predicted molar refractivity (Wildman–Crippen MR) is 248 cm³/mol. The Morgan fingerprint density at radius 2 is 1.09 bits per heavy atom. The molecular weight excluding hydrogens is 861 g/mol. The molecule has 12 nitrogen and oxygen atoms in total. The van der Waals surface area contributed by atoms with Gasteiger partial charge in [-0.05, 0) is 67.3 Å². The van der Waals surface area contributed by atoms with E-state index in [4.69, 9.17) is 42.6 Å². The van der Waals surface area contributed by atoms with Gasteiger partial charge in [-0.1, -0.05) is 133 Å². The number of ketones is 1. The normalized spacial score (nSPS) is 25.2. The van der Waals surface area contributed by atoms with Gasteiger partial charge < -0.3 is 52.5 Å². The number of thioether (sulfide) groups is 1. The number of aliphatic hydroxyl groups is 1. The molecule has 2 saturated heterocycles. The molecule has 0 radical (unpaired) electrons. The number of aliphatic hydroxyl groups excluding tert-OH is 1. The summed E-state index contributed by atoms with van der Waals surface area (Å²) in [5, 5.41) is 10.9. The number of esters is 1. The molecular formula is C53H60O12S. The zero-order valence-electron chi connectivity index (χ0n) is 37.8. The van der Waals surface area contributed by atoms with E-state index in [1.165, 1.54) is 18.7 Å². The number of carbonyl (C=O) groups is 2. The molecule has 13 heteroatoms. The Morgan fingerprint density at radius 1 is 0.591 bits per heavy atom. The molecule has 5 aromatic carbocycles. The van der Waals surface area contributed by atoms with Crippen LogP contribution in [0.15, 0.2) is 144 Å². The highest BCUT2D eigenvalue weighted by Gasteiger charge is 2.54. The third-order valence-electron chi connectivity index (χ3n) is 11.5. The molecule has 0 bridgehead atoms. The molecule has 0 aromatic heterocycles. The van der Waals surface area contributed by atoms with Gasteiger partial charge in [-0.25, -0.2) is 0 Å². The zero-order valence-corrected chi connectivity index (χ0v) is 38.7. The van der Waals surface area contributed by atoms with Crippen LogP contribution in [0, 0.1) is 6.92 Å². The fraction of sp³-hybridized carbons (Fsp3) is 0.396. The zero-order chi connectivity index (χ0) is 46.3. The van der Waals surface area contributed by atoms with Crippen molar-refractivity contribution in [2.75, 3.05) is 13.7 Å². The third kappa shape index (κ3) is 13.8. The second-order valence-corrected chi connectivity index (χ2v) is 17.7. The SMILES string of the molecule is COc1ccc(CO[C@H]2[C@@H](OC(=O)CCC(C)=O)[C@@H](CO)O[C@@H](Sc3ccc(C)cc3)[C@@H]2O[C@@H]2O[C@@H](C)[C@@H](OCc3ccccc3)[C@@H](OCc3ccccc3)[C@@H]2OCc2ccccc2)cc1. The van der Waals surface area contributed by atoms with Crippen LogP contribution >= 0.6 is 11.8 Å². The quantitative estimate of drug-likeness (QED) is 0.0665. The molecule has 1 N–H and O–H groups in total. The first-order chi connectivity index (χ1) is 32.2. The van der Waals surface area contributed by atoms with E-state index in [2.05, 4.69) is 0 Å². The molecule has 350 valence electrons. The van der Waals surface area contributed by atoms with Gasteiger partial charge in [0.1, 0.15) is 53.6 Å². The van der Waals surface area contributed by atoms with Crippen molar-refractivity contribution in [2.24, 2.45) is 0 Å². The number of Topliss-reactive ketones (excluding diaryl/α,β-unsaturated/α-hetero) is 1. The van der Waals surface area contributed by atoms with E-state index in [1.54, 1.807) is 7.11 Å². The summed E-state index contributed by atoms with van der Waals surface area (Å²) in [5.41, 5.74) is 3.94. The summed E-state index contributed by atoms with van der Waals surface area (Å²) in [6.45, 7) is 5.68. The Kier molecular flexibility index (Phi) is 18.4. The highest BCUT2D eigenvalue weighted by Crippen LogP contribution is 2.41. The number of rotatable bonds is 22. The van der Waals surface area contributed by atoms with E-state index in [9.17, 15) is 14.7 Å². The summed E-state index contributed by atoms with van der Waals surface area (Å²) in [4.78, 5) is 26.3. The van der Waals surface area contributed by atoms with Gasteiger partial charge in [0.05, 0.1) is 52.7 Å². The third-order valence-corrected chi connectivity index (χ3v) is 12.6. The maximum atomic E-state index is 13.5. The summed E-state index contributed by atoms with van der Waals surface area (Å²) in [5.74, 6) is -0.120. The number of ether oxygens (including phenoxy) is 9. The first kappa shape index (κ1) is 49.0. The highest BCUT2D eigenvalue weighted by atomic mass is 32.2. The van der Waals surface area contributed by atoms with Crippen LogP contribution in [-0.2, 0) is 73.9 Å². The molecule has 10 atom stereocenters. The van der Waals surface area contributed by atoms with Crippen LogP contribution in [0.5, 0.6) is 5.75 Å². The molecule has 2 heterocycles. The smallest absolute Gasteiger partial charge is 0.306 e. The molecule has 0 amide bonds. The molecule has 0 unspecified atom stereocenters. The van der Waals surface area contributed by atoms with Crippen molar-refractivity contribution in [2.45, 2.75) is 125 Å². The van der Waals surface area contributed by atoms with Crippen molar-refractivity contribution in [1.82, 2.24) is 0 Å². The Hall–Kier alpha value is -4.93. The average molecular weight is 921 g/mol. The summed E-state index contributed by atoms with van der Waals surface area (Å²) < 4.78 is 59.7. The Balaban J connectivity index is 1.28. The first-order valence-electron chi connectivity index (χ1n) is 22.4. The molecule has 2 aliphatic heterocycles. The van der Waals surface area contributed by atoms with Gasteiger partial charge in [-0.15, -0.1) is 0 Å². The molecule has 0 aliphatic carbocycles. The number of hydrogen-bond donors (Lipinski definition) is 1. The van der Waals surface area contributed by atoms with Crippen molar-refractivity contribution in [3.63, 3.8) is 0 Å². The summed E-state index contributed by atoms with van der Waals surface area (Å²) in [7, 11) is 1.60. The van der Waals surface area contributed by atoms with Crippen LogP contribution in [0.3, 0.4) is 0 Å². The number of carbonyl (C=O) groups excluding carboxylic acids is 2. The van der Waals surface area contributed by atoms with Gasteiger partial charge in [-0.3, -0.25) is 4.79 Å². The second kappa shape index (κ2) is 24.7. The lowest BCUT2D eigenvalue weighted by Crippen LogP contribution is -2.65. The van der Waals surface area contributed by atoms with Crippen LogP contribution in [0.4, 0.5) is 0 Å². The Morgan fingerprint density at radius 3 is 1.61 bits per heavy atom. The molecule has 0 spiro atoms. The van der Waals surface area contributed by atoms with E-state index >= 15 is 0 Å². The van der Waals surface area contributed by atoms with Gasteiger partial charge in [0.15, 0.2) is 12.4 Å².